The molecule has 1 amide bonds. The van der Waals surface area contributed by atoms with Gasteiger partial charge in [0.1, 0.15) is 0 Å². The van der Waals surface area contributed by atoms with E-state index in [-0.39, 0.29) is 42.2 Å². The number of hydrogen-bond acceptors (Lipinski definition) is 4. The van der Waals surface area contributed by atoms with Crippen molar-refractivity contribution in [1.29, 1.82) is 0 Å². The van der Waals surface area contributed by atoms with E-state index >= 15 is 0 Å². The molecule has 0 saturated heterocycles. The normalized spacial score (nSPS) is 17.5. The van der Waals surface area contributed by atoms with Crippen LogP contribution < -0.4 is 11.1 Å². The number of likely N-dealkylation sites (N-methyl/N-ethyl adjacent to an activating group) is 1. The Morgan fingerprint density at radius 2 is 2.05 bits per heavy atom. The fourth-order valence-corrected chi connectivity index (χ4v) is 3.89. The topological polar surface area (TPSA) is 58.4 Å². The van der Waals surface area contributed by atoms with Gasteiger partial charge in [-0.3, -0.25) is 4.79 Å². The van der Waals surface area contributed by atoms with Crippen molar-refractivity contribution in [2.45, 2.75) is 31.7 Å². The molecule has 2 rings (SSSR count). The molecule has 0 spiro atoms. The molecule has 1 heterocycles. The average molecular weight is 368 g/mol. The van der Waals surface area contributed by atoms with E-state index in [9.17, 15) is 4.79 Å². The second kappa shape index (κ2) is 9.73. The highest BCUT2D eigenvalue weighted by atomic mass is 35.5. The molecular weight excluding hydrogens is 341 g/mol. The lowest BCUT2D eigenvalue weighted by Gasteiger charge is -2.29. The summed E-state index contributed by atoms with van der Waals surface area (Å²) >= 11 is 1.73. The van der Waals surface area contributed by atoms with Gasteiger partial charge in [0.15, 0.2) is 0 Å². The van der Waals surface area contributed by atoms with Gasteiger partial charge in [0.05, 0.1) is 11.5 Å². The number of nitrogens with one attached hydrogen (secondary N) is 1. The third kappa shape index (κ3) is 4.83. The van der Waals surface area contributed by atoms with Gasteiger partial charge in [-0.25, -0.2) is 0 Å². The predicted octanol–water partition coefficient (Wildman–Crippen LogP) is 2.83. The van der Waals surface area contributed by atoms with Crippen molar-refractivity contribution >= 4 is 42.1 Å². The van der Waals surface area contributed by atoms with Crippen LogP contribution in [0.25, 0.3) is 0 Å². The van der Waals surface area contributed by atoms with Crippen LogP contribution in [0.1, 0.15) is 36.6 Å². The zero-order valence-corrected chi connectivity index (χ0v) is 15.7. The molecule has 128 valence electrons. The van der Waals surface area contributed by atoms with Gasteiger partial charge in [-0.1, -0.05) is 18.9 Å². The summed E-state index contributed by atoms with van der Waals surface area (Å²) in [5.74, 6) is 0.140. The molecule has 0 bridgehead atoms. The van der Waals surface area contributed by atoms with Crippen molar-refractivity contribution in [2.75, 3.05) is 27.2 Å². The number of thiophene rings is 1. The Balaban J connectivity index is 0.00000220. The summed E-state index contributed by atoms with van der Waals surface area (Å²) in [5.41, 5.74) is 5.55. The summed E-state index contributed by atoms with van der Waals surface area (Å²) in [6, 6.07) is 4.40. The fourth-order valence-electron chi connectivity index (χ4n) is 2.97. The molecule has 0 aliphatic heterocycles. The summed E-state index contributed by atoms with van der Waals surface area (Å²) in [6.45, 7) is 1.11. The van der Waals surface area contributed by atoms with Gasteiger partial charge in [-0.05, 0) is 38.4 Å². The maximum Gasteiger partial charge on any atom is 0.227 e. The third-order valence-corrected chi connectivity index (χ3v) is 5.36. The minimum atomic E-state index is -0.313. The van der Waals surface area contributed by atoms with E-state index in [4.69, 9.17) is 5.73 Å². The molecule has 4 nitrogen and oxygen atoms in total. The second-order valence-electron chi connectivity index (χ2n) is 5.90. The summed E-state index contributed by atoms with van der Waals surface area (Å²) < 4.78 is 0. The lowest BCUT2D eigenvalue weighted by atomic mass is 9.85. The minimum absolute atomic E-state index is 0. The first-order chi connectivity index (χ1) is 9.59. The Bertz CT molecular complexity index is 434. The summed E-state index contributed by atoms with van der Waals surface area (Å²) in [5, 5.41) is 5.21. The first kappa shape index (κ1) is 21.7. The lowest BCUT2D eigenvalue weighted by Crippen LogP contribution is -2.46. The number of nitrogens with zero attached hydrogens (tertiary/aromatic N) is 1. The molecule has 3 N–H and O–H groups in total. The monoisotopic (exact) mass is 367 g/mol. The molecule has 0 aromatic carbocycles. The van der Waals surface area contributed by atoms with Gasteiger partial charge in [-0.15, -0.1) is 36.2 Å². The van der Waals surface area contributed by atoms with E-state index in [1.807, 2.05) is 14.1 Å². The maximum absolute atomic E-state index is 12.5. The smallest absolute Gasteiger partial charge is 0.227 e. The number of carbonyl (C=O) groups excluding carboxylic acids is 1. The van der Waals surface area contributed by atoms with Crippen LogP contribution in [0, 0.1) is 5.41 Å². The summed E-state index contributed by atoms with van der Waals surface area (Å²) in [6.07, 6.45) is 4.10. The van der Waals surface area contributed by atoms with E-state index in [0.29, 0.717) is 13.1 Å². The Morgan fingerprint density at radius 3 is 2.50 bits per heavy atom. The second-order valence-corrected chi connectivity index (χ2v) is 6.88. The molecule has 1 fully saturated rings. The van der Waals surface area contributed by atoms with Crippen LogP contribution in [0.4, 0.5) is 0 Å². The van der Waals surface area contributed by atoms with Crippen LogP contribution in [-0.2, 0) is 4.79 Å². The highest BCUT2D eigenvalue weighted by molar-refractivity contribution is 7.10. The molecule has 1 aliphatic carbocycles. The van der Waals surface area contributed by atoms with Crippen molar-refractivity contribution in [2.24, 2.45) is 11.1 Å². The Labute approximate surface area is 149 Å². The van der Waals surface area contributed by atoms with Gasteiger partial charge in [-0.2, -0.15) is 0 Å². The largest absolute Gasteiger partial charge is 0.354 e. The Kier molecular flexibility index (Phi) is 9.58. The predicted molar refractivity (Wildman–Crippen MR) is 98.2 cm³/mol. The zero-order valence-electron chi connectivity index (χ0n) is 13.2. The van der Waals surface area contributed by atoms with Crippen molar-refractivity contribution in [3.8, 4) is 0 Å². The number of carbonyl (C=O) groups is 1. The average Bonchev–Trinajstić information content (AvgIpc) is 3.10. The standard InChI is InChI=1S/C15H25N3OS.2ClH/c1-18(2)12(13-6-5-9-20-13)10-17-14(19)15(11-16)7-3-4-8-15;;/h5-6,9,12H,3-4,7-8,10-11,16H2,1-2H3,(H,17,19);2*1H. The molecule has 7 heteroatoms. The lowest BCUT2D eigenvalue weighted by molar-refractivity contribution is -0.130. The highest BCUT2D eigenvalue weighted by Crippen LogP contribution is 2.37. The van der Waals surface area contributed by atoms with Crippen LogP contribution in [0.15, 0.2) is 17.5 Å². The molecular formula is C15H27Cl2N3OS. The van der Waals surface area contributed by atoms with Gasteiger partial charge in [0.25, 0.3) is 0 Å². The Hall–Kier alpha value is -0.330. The number of halogens is 2. The molecule has 1 aliphatic rings. The molecule has 1 saturated carbocycles. The van der Waals surface area contributed by atoms with Crippen molar-refractivity contribution in [3.63, 3.8) is 0 Å². The van der Waals surface area contributed by atoms with E-state index < -0.39 is 0 Å². The van der Waals surface area contributed by atoms with Crippen molar-refractivity contribution in [3.05, 3.63) is 22.4 Å². The van der Waals surface area contributed by atoms with Gasteiger partial charge < -0.3 is 16.0 Å². The van der Waals surface area contributed by atoms with E-state index in [2.05, 4.69) is 27.7 Å². The first-order valence-corrected chi connectivity index (χ1v) is 8.15. The van der Waals surface area contributed by atoms with Crippen molar-refractivity contribution < 1.29 is 4.79 Å². The number of amides is 1. The van der Waals surface area contributed by atoms with Crippen LogP contribution in [0.2, 0.25) is 0 Å². The first-order valence-electron chi connectivity index (χ1n) is 7.27. The number of nitrogens with two attached hydrogens (primary N) is 1. The summed E-state index contributed by atoms with van der Waals surface area (Å²) in [4.78, 5) is 15.9. The van der Waals surface area contributed by atoms with Crippen LogP contribution in [0.5, 0.6) is 0 Å². The molecule has 0 radical (unpaired) electrons. The number of hydrogen-bond donors (Lipinski definition) is 2. The molecule has 1 unspecified atom stereocenters. The summed E-state index contributed by atoms with van der Waals surface area (Å²) in [7, 11) is 4.09. The van der Waals surface area contributed by atoms with Gasteiger partial charge >= 0.3 is 0 Å². The fraction of sp³-hybridized carbons (Fsp3) is 0.667. The minimum Gasteiger partial charge on any atom is -0.354 e. The number of rotatable bonds is 6. The molecule has 1 aromatic heterocycles. The van der Waals surface area contributed by atoms with Gasteiger partial charge in [0, 0.05) is 18.0 Å². The molecule has 1 atom stereocenters. The molecule has 1 aromatic rings. The van der Waals surface area contributed by atoms with Crippen LogP contribution >= 0.6 is 36.2 Å². The quantitative estimate of drug-likeness (QED) is 0.812. The van der Waals surface area contributed by atoms with E-state index in [0.717, 1.165) is 25.7 Å². The highest BCUT2D eigenvalue weighted by Gasteiger charge is 2.39. The van der Waals surface area contributed by atoms with E-state index in [1.54, 1.807) is 11.3 Å². The Morgan fingerprint density at radius 1 is 1.41 bits per heavy atom. The zero-order chi connectivity index (χ0) is 14.6. The third-order valence-electron chi connectivity index (χ3n) is 4.38. The van der Waals surface area contributed by atoms with Crippen molar-refractivity contribution in [1.82, 2.24) is 10.2 Å². The SMILES string of the molecule is CN(C)C(CNC(=O)C1(CN)CCCC1)c1cccs1.Cl.Cl. The van der Waals surface area contributed by atoms with Gasteiger partial charge in [0.2, 0.25) is 5.91 Å². The van der Waals surface area contributed by atoms with Crippen LogP contribution in [-0.4, -0.2) is 38.0 Å². The van der Waals surface area contributed by atoms with E-state index in [1.165, 1.54) is 4.88 Å². The maximum atomic E-state index is 12.5. The molecule has 22 heavy (non-hydrogen) atoms. The van der Waals surface area contributed by atoms with Crippen LogP contribution in [0.3, 0.4) is 0 Å².